The molecule has 0 amide bonds. The minimum absolute atomic E-state index is 0.289. The molecule has 1 aliphatic rings. The van der Waals surface area contributed by atoms with E-state index in [1.165, 1.54) is 0 Å². The van der Waals surface area contributed by atoms with Gasteiger partial charge in [-0.15, -0.1) is 6.58 Å². The lowest BCUT2D eigenvalue weighted by atomic mass is 10.1. The van der Waals surface area contributed by atoms with Crippen LogP contribution in [0.3, 0.4) is 0 Å². The van der Waals surface area contributed by atoms with Gasteiger partial charge >= 0.3 is 5.97 Å². The summed E-state index contributed by atoms with van der Waals surface area (Å²) in [6, 6.07) is 0. The van der Waals surface area contributed by atoms with Gasteiger partial charge in [0.2, 0.25) is 0 Å². The van der Waals surface area contributed by atoms with Gasteiger partial charge in [0.15, 0.2) is 0 Å². The lowest BCUT2D eigenvalue weighted by Crippen LogP contribution is -2.33. The third-order valence-electron chi connectivity index (χ3n) is 2.21. The van der Waals surface area contributed by atoms with Crippen LogP contribution in [0.5, 0.6) is 0 Å². The van der Waals surface area contributed by atoms with Crippen LogP contribution in [0.1, 0.15) is 0 Å². The van der Waals surface area contributed by atoms with Gasteiger partial charge in [0.25, 0.3) is 0 Å². The summed E-state index contributed by atoms with van der Waals surface area (Å²) in [6.07, 6.45) is 1.81. The van der Waals surface area contributed by atoms with E-state index in [-0.39, 0.29) is 5.92 Å². The highest BCUT2D eigenvalue weighted by atomic mass is 16.4. The Morgan fingerprint density at radius 2 is 2.54 bits per heavy atom. The van der Waals surface area contributed by atoms with E-state index < -0.39 is 5.97 Å². The lowest BCUT2D eigenvalue weighted by molar-refractivity contribution is -0.141. The molecule has 1 atom stereocenters. The summed E-state index contributed by atoms with van der Waals surface area (Å²) in [5, 5.41) is 12.0. The van der Waals surface area contributed by atoms with Crippen LogP contribution in [0, 0.1) is 5.92 Å². The Hall–Kier alpha value is -0.870. The van der Waals surface area contributed by atoms with Gasteiger partial charge in [0.05, 0.1) is 5.92 Å². The monoisotopic (exact) mass is 184 g/mol. The summed E-state index contributed by atoms with van der Waals surface area (Å²) in [5.74, 6) is -1.01. The molecule has 1 rings (SSSR count). The van der Waals surface area contributed by atoms with Gasteiger partial charge in [0, 0.05) is 32.7 Å². The van der Waals surface area contributed by atoms with Crippen LogP contribution >= 0.6 is 0 Å². The zero-order valence-corrected chi connectivity index (χ0v) is 7.70. The maximum Gasteiger partial charge on any atom is 0.309 e. The van der Waals surface area contributed by atoms with Crippen molar-refractivity contribution in [3.63, 3.8) is 0 Å². The van der Waals surface area contributed by atoms with E-state index in [0.717, 1.165) is 19.6 Å². The minimum atomic E-state index is -0.719. The number of carbonyl (C=O) groups is 1. The SMILES string of the molecule is C=CCN1CCNCC(C(=O)O)C1. The molecule has 74 valence electrons. The average molecular weight is 184 g/mol. The van der Waals surface area contributed by atoms with Gasteiger partial charge in [-0.3, -0.25) is 9.69 Å². The molecule has 4 heteroatoms. The number of nitrogens with zero attached hydrogens (tertiary/aromatic N) is 1. The van der Waals surface area contributed by atoms with E-state index in [1.54, 1.807) is 0 Å². The number of hydrogen-bond acceptors (Lipinski definition) is 3. The van der Waals surface area contributed by atoms with Crippen LogP contribution in [-0.4, -0.2) is 48.7 Å². The zero-order chi connectivity index (χ0) is 9.68. The summed E-state index contributed by atoms with van der Waals surface area (Å²) >= 11 is 0. The summed E-state index contributed by atoms with van der Waals surface area (Å²) in [6.45, 7) is 7.36. The van der Waals surface area contributed by atoms with E-state index in [1.807, 2.05) is 6.08 Å². The molecule has 0 aromatic rings. The van der Waals surface area contributed by atoms with Crippen LogP contribution in [0.25, 0.3) is 0 Å². The second-order valence-corrected chi connectivity index (χ2v) is 3.29. The van der Waals surface area contributed by atoms with Gasteiger partial charge < -0.3 is 10.4 Å². The number of carboxylic acid groups (broad SMARTS) is 1. The smallest absolute Gasteiger partial charge is 0.309 e. The zero-order valence-electron chi connectivity index (χ0n) is 7.70. The topological polar surface area (TPSA) is 52.6 Å². The molecule has 1 aliphatic heterocycles. The Bertz CT molecular complexity index is 194. The Labute approximate surface area is 78.2 Å². The molecule has 1 unspecified atom stereocenters. The molecule has 0 radical (unpaired) electrons. The highest BCUT2D eigenvalue weighted by Gasteiger charge is 2.22. The van der Waals surface area contributed by atoms with E-state index in [2.05, 4.69) is 16.8 Å². The first-order chi connectivity index (χ1) is 6.24. The fourth-order valence-electron chi connectivity index (χ4n) is 1.49. The molecule has 0 saturated carbocycles. The van der Waals surface area contributed by atoms with Gasteiger partial charge in [-0.25, -0.2) is 0 Å². The molecule has 0 bridgehead atoms. The number of rotatable bonds is 3. The van der Waals surface area contributed by atoms with Crippen molar-refractivity contribution in [1.29, 1.82) is 0 Å². The first-order valence-corrected chi connectivity index (χ1v) is 4.51. The predicted octanol–water partition coefficient (Wildman–Crippen LogP) is -0.222. The van der Waals surface area contributed by atoms with Crippen molar-refractivity contribution in [2.45, 2.75) is 0 Å². The van der Waals surface area contributed by atoms with Crippen molar-refractivity contribution in [3.8, 4) is 0 Å². The quantitative estimate of drug-likeness (QED) is 0.595. The second kappa shape index (κ2) is 4.99. The molecule has 13 heavy (non-hydrogen) atoms. The number of nitrogens with one attached hydrogen (secondary N) is 1. The Morgan fingerprint density at radius 3 is 3.15 bits per heavy atom. The van der Waals surface area contributed by atoms with Crippen LogP contribution in [0.15, 0.2) is 12.7 Å². The standard InChI is InChI=1S/C9H16N2O2/c1-2-4-11-5-3-10-6-8(7-11)9(12)13/h2,8,10H,1,3-7H2,(H,12,13). The molecule has 0 spiro atoms. The largest absolute Gasteiger partial charge is 0.481 e. The number of carboxylic acids is 1. The van der Waals surface area contributed by atoms with E-state index in [9.17, 15) is 4.79 Å². The first kappa shape index (κ1) is 10.2. The highest BCUT2D eigenvalue weighted by molar-refractivity contribution is 5.70. The summed E-state index contributed by atoms with van der Waals surface area (Å²) in [4.78, 5) is 12.9. The van der Waals surface area contributed by atoms with Crippen molar-refractivity contribution < 1.29 is 9.90 Å². The van der Waals surface area contributed by atoms with Crippen LogP contribution < -0.4 is 5.32 Å². The van der Waals surface area contributed by atoms with Crippen LogP contribution in [0.4, 0.5) is 0 Å². The van der Waals surface area contributed by atoms with E-state index in [4.69, 9.17) is 5.11 Å². The summed E-state index contributed by atoms with van der Waals surface area (Å²) in [5.41, 5.74) is 0. The fourth-order valence-corrected chi connectivity index (χ4v) is 1.49. The minimum Gasteiger partial charge on any atom is -0.481 e. The maximum absolute atomic E-state index is 10.8. The maximum atomic E-state index is 10.8. The molecule has 1 fully saturated rings. The Kier molecular flexibility index (Phi) is 3.92. The molecule has 1 heterocycles. The summed E-state index contributed by atoms with van der Waals surface area (Å²) in [7, 11) is 0. The molecule has 1 saturated heterocycles. The summed E-state index contributed by atoms with van der Waals surface area (Å²) < 4.78 is 0. The molecular weight excluding hydrogens is 168 g/mol. The Morgan fingerprint density at radius 1 is 1.77 bits per heavy atom. The lowest BCUT2D eigenvalue weighted by Gasteiger charge is -2.19. The number of hydrogen-bond donors (Lipinski definition) is 2. The second-order valence-electron chi connectivity index (χ2n) is 3.29. The third-order valence-corrected chi connectivity index (χ3v) is 2.21. The molecule has 2 N–H and O–H groups in total. The third kappa shape index (κ3) is 3.16. The van der Waals surface area contributed by atoms with Crippen molar-refractivity contribution in [2.24, 2.45) is 5.92 Å². The van der Waals surface area contributed by atoms with Crippen molar-refractivity contribution >= 4 is 5.97 Å². The van der Waals surface area contributed by atoms with Crippen molar-refractivity contribution in [3.05, 3.63) is 12.7 Å². The molecule has 0 aromatic carbocycles. The van der Waals surface area contributed by atoms with Gasteiger partial charge in [0.1, 0.15) is 0 Å². The van der Waals surface area contributed by atoms with Crippen molar-refractivity contribution in [1.82, 2.24) is 10.2 Å². The highest BCUT2D eigenvalue weighted by Crippen LogP contribution is 2.03. The van der Waals surface area contributed by atoms with Crippen molar-refractivity contribution in [2.75, 3.05) is 32.7 Å². The molecule has 0 aromatic heterocycles. The average Bonchev–Trinajstić information content (AvgIpc) is 2.30. The van der Waals surface area contributed by atoms with Gasteiger partial charge in [-0.1, -0.05) is 6.08 Å². The first-order valence-electron chi connectivity index (χ1n) is 4.51. The Balaban J connectivity index is 2.48. The van der Waals surface area contributed by atoms with Gasteiger partial charge in [-0.2, -0.15) is 0 Å². The fraction of sp³-hybridized carbons (Fsp3) is 0.667. The van der Waals surface area contributed by atoms with E-state index in [0.29, 0.717) is 13.1 Å². The number of aliphatic carboxylic acids is 1. The van der Waals surface area contributed by atoms with Crippen LogP contribution in [-0.2, 0) is 4.79 Å². The normalized spacial score (nSPS) is 25.1. The molecule has 4 nitrogen and oxygen atoms in total. The van der Waals surface area contributed by atoms with E-state index >= 15 is 0 Å². The van der Waals surface area contributed by atoms with Crippen LogP contribution in [0.2, 0.25) is 0 Å². The predicted molar refractivity (Wildman–Crippen MR) is 50.6 cm³/mol. The van der Waals surface area contributed by atoms with Gasteiger partial charge in [-0.05, 0) is 0 Å². The molecule has 0 aliphatic carbocycles. The molecular formula is C9H16N2O2.